The Kier molecular flexibility index (Phi) is 5.46. The van der Waals surface area contributed by atoms with Gasteiger partial charge in [-0.3, -0.25) is 18.9 Å². The molecule has 2 aliphatic rings. The average molecular weight is 430 g/mol. The van der Waals surface area contributed by atoms with Crippen LogP contribution in [0.1, 0.15) is 18.1 Å². The number of fused-ring (bicyclic) bond motifs is 1. The van der Waals surface area contributed by atoms with E-state index in [-0.39, 0.29) is 11.5 Å². The standard InChI is InChI=1S/C20H23N5O2S2/c1-4-23-8-10-24(11-9-23)17-14(12-15-19(27)22(3)20(28)29-15)18(26)25-7-5-6-13(2)16(25)21-17/h5-7,12H,4,8-11H2,1-3H3. The van der Waals surface area contributed by atoms with E-state index in [1.165, 1.54) is 16.7 Å². The van der Waals surface area contributed by atoms with Crippen molar-refractivity contribution in [1.82, 2.24) is 19.2 Å². The van der Waals surface area contributed by atoms with Gasteiger partial charge in [-0.05, 0) is 31.2 Å². The van der Waals surface area contributed by atoms with Crippen molar-refractivity contribution in [2.45, 2.75) is 13.8 Å². The number of nitrogens with zero attached hydrogens (tertiary/aromatic N) is 5. The van der Waals surface area contributed by atoms with Crippen molar-refractivity contribution in [2.75, 3.05) is 44.7 Å². The van der Waals surface area contributed by atoms with Gasteiger partial charge in [-0.1, -0.05) is 37.0 Å². The molecule has 4 rings (SSSR count). The van der Waals surface area contributed by atoms with Gasteiger partial charge in [0, 0.05) is 39.4 Å². The molecule has 1 amide bonds. The van der Waals surface area contributed by atoms with Crippen LogP contribution in [-0.2, 0) is 4.79 Å². The van der Waals surface area contributed by atoms with Crippen LogP contribution in [0.15, 0.2) is 28.0 Å². The Labute approximate surface area is 179 Å². The predicted molar refractivity (Wildman–Crippen MR) is 121 cm³/mol. The Hall–Kier alpha value is -2.23. The lowest BCUT2D eigenvalue weighted by molar-refractivity contribution is -0.121. The maximum absolute atomic E-state index is 13.4. The highest BCUT2D eigenvalue weighted by Crippen LogP contribution is 2.32. The Morgan fingerprint density at radius 2 is 1.97 bits per heavy atom. The maximum Gasteiger partial charge on any atom is 0.267 e. The molecule has 0 aromatic carbocycles. The Bertz CT molecular complexity index is 1090. The van der Waals surface area contributed by atoms with E-state index in [1.54, 1.807) is 23.7 Å². The van der Waals surface area contributed by atoms with Gasteiger partial charge in [0.2, 0.25) is 0 Å². The molecule has 2 saturated heterocycles. The Balaban J connectivity index is 1.88. The largest absolute Gasteiger partial charge is 0.353 e. The van der Waals surface area contributed by atoms with Gasteiger partial charge in [0.25, 0.3) is 11.5 Å². The number of piperazine rings is 1. The van der Waals surface area contributed by atoms with Gasteiger partial charge in [0.1, 0.15) is 15.8 Å². The van der Waals surface area contributed by atoms with Crippen LogP contribution in [0.5, 0.6) is 0 Å². The number of amides is 1. The van der Waals surface area contributed by atoms with Crippen LogP contribution in [0.25, 0.3) is 11.7 Å². The van der Waals surface area contributed by atoms with Crippen molar-refractivity contribution >= 4 is 51.7 Å². The van der Waals surface area contributed by atoms with Crippen molar-refractivity contribution < 1.29 is 4.79 Å². The minimum absolute atomic E-state index is 0.173. The molecule has 2 fully saturated rings. The molecule has 0 N–H and O–H groups in total. The molecule has 2 aromatic heterocycles. The molecule has 0 aliphatic carbocycles. The molecule has 152 valence electrons. The third-order valence-electron chi connectivity index (χ3n) is 5.45. The molecule has 29 heavy (non-hydrogen) atoms. The third-order valence-corrected chi connectivity index (χ3v) is 6.93. The predicted octanol–water partition coefficient (Wildman–Crippen LogP) is 1.98. The minimum Gasteiger partial charge on any atom is -0.353 e. The summed E-state index contributed by atoms with van der Waals surface area (Å²) >= 11 is 6.46. The van der Waals surface area contributed by atoms with Crippen molar-refractivity contribution in [3.8, 4) is 0 Å². The molecule has 0 spiro atoms. The zero-order valence-corrected chi connectivity index (χ0v) is 18.3. The van der Waals surface area contributed by atoms with E-state index in [9.17, 15) is 9.59 Å². The molecule has 4 heterocycles. The van der Waals surface area contributed by atoms with Crippen molar-refractivity contribution in [3.05, 3.63) is 44.7 Å². The van der Waals surface area contributed by atoms with Gasteiger partial charge in [-0.2, -0.15) is 0 Å². The molecular formula is C20H23N5O2S2. The number of thiocarbonyl (C=S) groups is 1. The van der Waals surface area contributed by atoms with Gasteiger partial charge in [0.15, 0.2) is 0 Å². The number of likely N-dealkylation sites (N-methyl/N-ethyl adjacent to an activating group) is 2. The van der Waals surface area contributed by atoms with E-state index in [4.69, 9.17) is 17.2 Å². The fourth-order valence-corrected chi connectivity index (χ4v) is 4.78. The van der Waals surface area contributed by atoms with E-state index < -0.39 is 0 Å². The topological polar surface area (TPSA) is 61.2 Å². The lowest BCUT2D eigenvalue weighted by Gasteiger charge is -2.35. The Morgan fingerprint density at radius 1 is 1.24 bits per heavy atom. The molecule has 0 unspecified atom stereocenters. The number of anilines is 1. The van der Waals surface area contributed by atoms with Crippen molar-refractivity contribution in [2.24, 2.45) is 0 Å². The average Bonchev–Trinajstić information content (AvgIpc) is 2.97. The first-order valence-corrected chi connectivity index (χ1v) is 10.8. The summed E-state index contributed by atoms with van der Waals surface area (Å²) in [6.07, 6.45) is 3.38. The zero-order valence-electron chi connectivity index (χ0n) is 16.7. The molecule has 0 radical (unpaired) electrons. The highest BCUT2D eigenvalue weighted by Gasteiger charge is 2.30. The second-order valence-corrected chi connectivity index (χ2v) is 8.88. The van der Waals surface area contributed by atoms with Crippen LogP contribution in [0.4, 0.5) is 5.82 Å². The molecule has 9 heteroatoms. The fourth-order valence-electron chi connectivity index (χ4n) is 3.62. The molecule has 2 aliphatic heterocycles. The number of pyridine rings is 1. The van der Waals surface area contributed by atoms with E-state index >= 15 is 0 Å². The first-order valence-electron chi connectivity index (χ1n) is 9.61. The zero-order chi connectivity index (χ0) is 20.7. The first kappa shape index (κ1) is 20.1. The third kappa shape index (κ3) is 3.58. The number of rotatable bonds is 3. The van der Waals surface area contributed by atoms with E-state index in [0.717, 1.165) is 38.3 Å². The molecule has 0 atom stereocenters. The van der Waals surface area contributed by atoms with Crippen molar-refractivity contribution in [1.29, 1.82) is 0 Å². The second-order valence-electron chi connectivity index (χ2n) is 7.20. The van der Waals surface area contributed by atoms with E-state index in [0.29, 0.717) is 26.3 Å². The van der Waals surface area contributed by atoms with Gasteiger partial charge in [0.05, 0.1) is 10.5 Å². The van der Waals surface area contributed by atoms with Crippen LogP contribution < -0.4 is 10.5 Å². The van der Waals surface area contributed by atoms with Crippen LogP contribution in [0.2, 0.25) is 0 Å². The van der Waals surface area contributed by atoms with Crippen LogP contribution >= 0.6 is 24.0 Å². The fraction of sp³-hybridized carbons (Fsp3) is 0.400. The monoisotopic (exact) mass is 429 g/mol. The molecule has 0 saturated carbocycles. The van der Waals surface area contributed by atoms with E-state index in [1.807, 2.05) is 19.1 Å². The summed E-state index contributed by atoms with van der Waals surface area (Å²) in [6.45, 7) is 8.52. The molecule has 0 bridgehead atoms. The quantitative estimate of drug-likeness (QED) is 0.546. The minimum atomic E-state index is -0.185. The van der Waals surface area contributed by atoms with Crippen molar-refractivity contribution in [3.63, 3.8) is 0 Å². The van der Waals surface area contributed by atoms with Crippen LogP contribution in [0, 0.1) is 6.92 Å². The summed E-state index contributed by atoms with van der Waals surface area (Å²) in [6, 6.07) is 3.78. The van der Waals surface area contributed by atoms with E-state index in [2.05, 4.69) is 16.7 Å². The first-order chi connectivity index (χ1) is 13.9. The lowest BCUT2D eigenvalue weighted by atomic mass is 10.2. The van der Waals surface area contributed by atoms with Crippen LogP contribution in [0.3, 0.4) is 0 Å². The summed E-state index contributed by atoms with van der Waals surface area (Å²) in [4.78, 5) is 37.2. The number of carbonyl (C=O) groups is 1. The number of hydrogen-bond acceptors (Lipinski definition) is 7. The van der Waals surface area contributed by atoms with Crippen LogP contribution in [-0.4, -0.2) is 69.2 Å². The summed E-state index contributed by atoms with van der Waals surface area (Å²) < 4.78 is 2.05. The smallest absolute Gasteiger partial charge is 0.267 e. The number of carbonyl (C=O) groups excluding carboxylic acids is 1. The normalized spacial score (nSPS) is 19.8. The highest BCUT2D eigenvalue weighted by molar-refractivity contribution is 8.26. The van der Waals surface area contributed by atoms with Gasteiger partial charge < -0.3 is 9.80 Å². The number of thioether (sulfide) groups is 1. The number of aromatic nitrogens is 2. The summed E-state index contributed by atoms with van der Waals surface area (Å²) in [5, 5.41) is 0. The highest BCUT2D eigenvalue weighted by atomic mass is 32.2. The van der Waals surface area contributed by atoms with Gasteiger partial charge in [-0.15, -0.1) is 0 Å². The lowest BCUT2D eigenvalue weighted by Crippen LogP contribution is -2.47. The number of hydrogen-bond donors (Lipinski definition) is 0. The molecular weight excluding hydrogens is 406 g/mol. The second kappa shape index (κ2) is 7.89. The summed E-state index contributed by atoms with van der Waals surface area (Å²) in [7, 11) is 1.65. The summed E-state index contributed by atoms with van der Waals surface area (Å²) in [5.41, 5.74) is 1.84. The van der Waals surface area contributed by atoms with Gasteiger partial charge >= 0.3 is 0 Å². The maximum atomic E-state index is 13.4. The Morgan fingerprint density at radius 3 is 2.59 bits per heavy atom. The van der Waals surface area contributed by atoms with Gasteiger partial charge in [-0.25, -0.2) is 4.98 Å². The number of aryl methyl sites for hydroxylation is 1. The summed E-state index contributed by atoms with van der Waals surface area (Å²) in [5.74, 6) is 0.455. The SMILES string of the molecule is CCN1CCN(c2nc3c(C)cccn3c(=O)c2C=C2SC(=S)N(C)C2=O)CC1. The molecule has 2 aromatic rings. The molecule has 7 nitrogen and oxygen atoms in total.